The number of carbonyl (C=O) groups is 1. The molecule has 0 aliphatic heterocycles. The number of nitrogens with zero attached hydrogens (tertiary/aromatic N) is 3. The first-order valence-electron chi connectivity index (χ1n) is 7.48. The Balaban J connectivity index is 1.67. The summed E-state index contributed by atoms with van der Waals surface area (Å²) in [6.45, 7) is 0. The summed E-state index contributed by atoms with van der Waals surface area (Å²) in [5, 5.41) is 8.02. The number of para-hydroxylation sites is 1. The molecule has 23 heavy (non-hydrogen) atoms. The fourth-order valence-corrected chi connectivity index (χ4v) is 2.80. The lowest BCUT2D eigenvalue weighted by molar-refractivity contribution is -0.0865. The zero-order valence-electron chi connectivity index (χ0n) is 12.3. The Hall–Kier alpha value is -2.76. The Morgan fingerprint density at radius 2 is 1.87 bits per heavy atom. The number of rotatable bonds is 4. The third-order valence-corrected chi connectivity index (χ3v) is 4.26. The fraction of sp³-hybridized carbons (Fsp3) is 0.235. The highest BCUT2D eigenvalue weighted by molar-refractivity contribution is 6.03. The molecule has 1 aliphatic carbocycles. The molecule has 0 bridgehead atoms. The van der Waals surface area contributed by atoms with Gasteiger partial charge in [-0.1, -0.05) is 17.0 Å². The molecule has 4 rings (SSSR count). The lowest BCUT2D eigenvalue weighted by Crippen LogP contribution is -2.54. The van der Waals surface area contributed by atoms with Crippen molar-refractivity contribution >= 4 is 16.8 Å². The van der Waals surface area contributed by atoms with Gasteiger partial charge in [-0.15, -0.1) is 5.10 Å². The first-order valence-corrected chi connectivity index (χ1v) is 7.48. The van der Waals surface area contributed by atoms with Crippen LogP contribution in [0.5, 0.6) is 0 Å². The van der Waals surface area contributed by atoms with Crippen molar-refractivity contribution in [1.29, 1.82) is 0 Å². The van der Waals surface area contributed by atoms with Gasteiger partial charge in [-0.05, 0) is 60.9 Å². The normalized spacial score (nSPS) is 16.0. The van der Waals surface area contributed by atoms with Crippen LogP contribution in [0.25, 0.3) is 11.0 Å². The molecule has 6 heteroatoms. The van der Waals surface area contributed by atoms with E-state index in [1.807, 2.05) is 24.3 Å². The second-order valence-corrected chi connectivity index (χ2v) is 5.73. The first kappa shape index (κ1) is 13.9. The largest absolute Gasteiger partial charge is 0.380 e. The van der Waals surface area contributed by atoms with Crippen LogP contribution >= 0.6 is 0 Å². The maximum atomic E-state index is 13.1. The van der Waals surface area contributed by atoms with E-state index >= 15 is 0 Å². The maximum absolute atomic E-state index is 13.1. The van der Waals surface area contributed by atoms with E-state index in [1.165, 1.54) is 29.1 Å². The van der Waals surface area contributed by atoms with Gasteiger partial charge in [0.25, 0.3) is 0 Å². The van der Waals surface area contributed by atoms with Crippen LogP contribution in [0.2, 0.25) is 0 Å². The van der Waals surface area contributed by atoms with Gasteiger partial charge in [0.2, 0.25) is 5.78 Å². The standard InChI is InChI=1S/C17H14FN3O2/c18-13-8-6-12(7-9-13)16(22)17(10-3-11-17)23-21-15-5-2-1-4-14(15)19-20-21/h1-2,4-9H,3,10-11H2. The van der Waals surface area contributed by atoms with Gasteiger partial charge < -0.3 is 4.84 Å². The number of benzene rings is 2. The van der Waals surface area contributed by atoms with Crippen LogP contribution in [-0.2, 0) is 0 Å². The van der Waals surface area contributed by atoms with Gasteiger partial charge in [-0.3, -0.25) is 4.79 Å². The van der Waals surface area contributed by atoms with E-state index < -0.39 is 5.60 Å². The highest BCUT2D eigenvalue weighted by atomic mass is 19.1. The molecule has 0 radical (unpaired) electrons. The third kappa shape index (κ3) is 2.27. The molecule has 5 nitrogen and oxygen atoms in total. The van der Waals surface area contributed by atoms with Gasteiger partial charge in [-0.25, -0.2) is 4.39 Å². The van der Waals surface area contributed by atoms with Gasteiger partial charge in [0.05, 0.1) is 0 Å². The SMILES string of the molecule is O=C(c1ccc(F)cc1)C1(On2nnc3ccccc32)CCC1. The molecule has 2 aromatic carbocycles. The van der Waals surface area contributed by atoms with E-state index in [0.717, 1.165) is 6.42 Å². The summed E-state index contributed by atoms with van der Waals surface area (Å²) in [6, 6.07) is 12.9. The lowest BCUT2D eigenvalue weighted by atomic mass is 9.75. The van der Waals surface area contributed by atoms with Crippen molar-refractivity contribution in [3.63, 3.8) is 0 Å². The van der Waals surface area contributed by atoms with E-state index in [0.29, 0.717) is 29.4 Å². The highest BCUT2D eigenvalue weighted by Crippen LogP contribution is 2.36. The summed E-state index contributed by atoms with van der Waals surface area (Å²) in [7, 11) is 0. The number of fused-ring (bicyclic) bond motifs is 1. The molecule has 1 fully saturated rings. The molecule has 0 spiro atoms. The Bertz CT molecular complexity index is 869. The smallest absolute Gasteiger partial charge is 0.209 e. The molecule has 1 saturated carbocycles. The van der Waals surface area contributed by atoms with E-state index in [9.17, 15) is 9.18 Å². The molecule has 0 atom stereocenters. The van der Waals surface area contributed by atoms with E-state index in [4.69, 9.17) is 4.84 Å². The van der Waals surface area contributed by atoms with Gasteiger partial charge in [0, 0.05) is 5.56 Å². The van der Waals surface area contributed by atoms with Crippen LogP contribution in [0.1, 0.15) is 29.6 Å². The van der Waals surface area contributed by atoms with Crippen LogP contribution in [0.3, 0.4) is 0 Å². The Kier molecular flexibility index (Phi) is 3.11. The van der Waals surface area contributed by atoms with Crippen molar-refractivity contribution in [2.45, 2.75) is 24.9 Å². The minimum Gasteiger partial charge on any atom is -0.380 e. The van der Waals surface area contributed by atoms with Crippen molar-refractivity contribution in [3.05, 3.63) is 59.9 Å². The highest BCUT2D eigenvalue weighted by Gasteiger charge is 2.48. The number of hydrogen-bond acceptors (Lipinski definition) is 4. The molecular weight excluding hydrogens is 297 g/mol. The summed E-state index contributed by atoms with van der Waals surface area (Å²) in [6.07, 6.45) is 2.12. The number of aromatic nitrogens is 3. The number of hydrogen-bond donors (Lipinski definition) is 0. The summed E-state index contributed by atoms with van der Waals surface area (Å²) >= 11 is 0. The summed E-state index contributed by atoms with van der Waals surface area (Å²) in [5.74, 6) is -0.518. The zero-order chi connectivity index (χ0) is 15.9. The third-order valence-electron chi connectivity index (χ3n) is 4.26. The predicted octanol–water partition coefficient (Wildman–Crippen LogP) is 2.80. The first-order chi connectivity index (χ1) is 11.2. The topological polar surface area (TPSA) is 57.0 Å². The average molecular weight is 311 g/mol. The molecule has 1 aromatic heterocycles. The number of ketones is 1. The number of Topliss-reactive ketones (excluding diaryl/α,β-unsaturated/α-hetero) is 1. The number of carbonyl (C=O) groups excluding carboxylic acids is 1. The predicted molar refractivity (Wildman–Crippen MR) is 81.4 cm³/mol. The molecular formula is C17H14FN3O2. The quantitative estimate of drug-likeness (QED) is 0.695. The van der Waals surface area contributed by atoms with Crippen molar-refractivity contribution < 1.29 is 14.0 Å². The Morgan fingerprint density at radius 3 is 2.57 bits per heavy atom. The average Bonchev–Trinajstić information content (AvgIpc) is 2.94. The van der Waals surface area contributed by atoms with Crippen LogP contribution < -0.4 is 4.84 Å². The molecule has 0 saturated heterocycles. The summed E-state index contributed by atoms with van der Waals surface area (Å²) < 4.78 is 13.1. The Labute approximate surface area is 131 Å². The van der Waals surface area contributed by atoms with E-state index in [1.54, 1.807) is 0 Å². The Morgan fingerprint density at radius 1 is 1.13 bits per heavy atom. The van der Waals surface area contributed by atoms with Gasteiger partial charge >= 0.3 is 0 Å². The molecule has 0 amide bonds. The van der Waals surface area contributed by atoms with Gasteiger partial charge in [0.15, 0.2) is 5.60 Å². The van der Waals surface area contributed by atoms with Gasteiger partial charge in [-0.2, -0.15) is 0 Å². The zero-order valence-corrected chi connectivity index (χ0v) is 12.3. The number of halogens is 1. The van der Waals surface area contributed by atoms with Crippen molar-refractivity contribution in [2.75, 3.05) is 0 Å². The molecule has 1 aliphatic rings. The second kappa shape index (κ2) is 5.15. The van der Waals surface area contributed by atoms with Crippen molar-refractivity contribution in [2.24, 2.45) is 0 Å². The molecule has 116 valence electrons. The molecule has 0 N–H and O–H groups in total. The monoisotopic (exact) mass is 311 g/mol. The molecule has 1 heterocycles. The minimum atomic E-state index is -0.950. The lowest BCUT2D eigenvalue weighted by Gasteiger charge is -2.38. The van der Waals surface area contributed by atoms with E-state index in [2.05, 4.69) is 10.3 Å². The van der Waals surface area contributed by atoms with E-state index in [-0.39, 0.29) is 11.6 Å². The van der Waals surface area contributed by atoms with Crippen molar-refractivity contribution in [3.8, 4) is 0 Å². The molecule has 3 aromatic rings. The molecule has 0 unspecified atom stereocenters. The van der Waals surface area contributed by atoms with Crippen LogP contribution in [0, 0.1) is 5.82 Å². The van der Waals surface area contributed by atoms with Crippen molar-refractivity contribution in [1.82, 2.24) is 15.2 Å². The minimum absolute atomic E-state index is 0.150. The van der Waals surface area contributed by atoms with Crippen LogP contribution in [-0.4, -0.2) is 26.5 Å². The van der Waals surface area contributed by atoms with Crippen LogP contribution in [0.4, 0.5) is 4.39 Å². The summed E-state index contributed by atoms with van der Waals surface area (Å²) in [4.78, 5) is 20.1. The van der Waals surface area contributed by atoms with Crippen LogP contribution in [0.15, 0.2) is 48.5 Å². The summed E-state index contributed by atoms with van der Waals surface area (Å²) in [5.41, 5.74) is 0.909. The maximum Gasteiger partial charge on any atom is 0.209 e. The van der Waals surface area contributed by atoms with Gasteiger partial charge in [0.1, 0.15) is 16.9 Å². The fourth-order valence-electron chi connectivity index (χ4n) is 2.80. The second-order valence-electron chi connectivity index (χ2n) is 5.73.